The number of aryl methyl sites for hydroxylation is 1. The number of benzene rings is 1. The van der Waals surface area contributed by atoms with E-state index in [4.69, 9.17) is 5.11 Å². The van der Waals surface area contributed by atoms with Crippen LogP contribution in [0, 0.1) is 17.0 Å². The lowest BCUT2D eigenvalue weighted by molar-refractivity contribution is -0.384. The minimum Gasteiger partial charge on any atom is -0.478 e. The first-order valence-corrected chi connectivity index (χ1v) is 5.44. The topological polar surface area (TPSA) is 93.3 Å². The van der Waals surface area contributed by atoms with Crippen LogP contribution in [0.2, 0.25) is 0 Å². The Balaban J connectivity index is 2.59. The van der Waals surface area contributed by atoms with Gasteiger partial charge in [0.15, 0.2) is 0 Å². The Bertz CT molecular complexity index is 650. The molecule has 0 atom stereocenters. The summed E-state index contributed by atoms with van der Waals surface area (Å²) >= 11 is 0. The summed E-state index contributed by atoms with van der Waals surface area (Å²) in [6.45, 7) is 1.81. The number of aromatic carboxylic acids is 1. The van der Waals surface area contributed by atoms with Crippen LogP contribution in [0.5, 0.6) is 0 Å². The second-order valence-corrected chi connectivity index (χ2v) is 3.98. The number of aromatic nitrogens is 1. The molecule has 0 saturated heterocycles. The van der Waals surface area contributed by atoms with Gasteiger partial charge in [-0.2, -0.15) is 0 Å². The van der Waals surface area contributed by atoms with Crippen molar-refractivity contribution >= 4 is 11.7 Å². The molecule has 0 unspecified atom stereocenters. The number of hydrogen-bond donors (Lipinski definition) is 1. The summed E-state index contributed by atoms with van der Waals surface area (Å²) < 4.78 is 0. The Kier molecular flexibility index (Phi) is 3.24. The van der Waals surface area contributed by atoms with Crippen molar-refractivity contribution in [3.63, 3.8) is 0 Å². The van der Waals surface area contributed by atoms with Gasteiger partial charge >= 0.3 is 5.97 Å². The van der Waals surface area contributed by atoms with Gasteiger partial charge in [-0.1, -0.05) is 6.07 Å². The highest BCUT2D eigenvalue weighted by atomic mass is 16.6. The van der Waals surface area contributed by atoms with Gasteiger partial charge in [0.25, 0.3) is 5.69 Å². The highest BCUT2D eigenvalue weighted by molar-refractivity contribution is 5.90. The normalized spacial score (nSPS) is 10.2. The lowest BCUT2D eigenvalue weighted by Gasteiger charge is -2.04. The molecular weight excluding hydrogens is 248 g/mol. The Labute approximate surface area is 108 Å². The van der Waals surface area contributed by atoms with Crippen LogP contribution in [0.15, 0.2) is 36.5 Å². The van der Waals surface area contributed by atoms with E-state index < -0.39 is 10.9 Å². The smallest absolute Gasteiger partial charge is 0.335 e. The summed E-state index contributed by atoms with van der Waals surface area (Å²) in [7, 11) is 0. The van der Waals surface area contributed by atoms with Crippen LogP contribution in [-0.4, -0.2) is 21.0 Å². The van der Waals surface area contributed by atoms with Gasteiger partial charge in [0, 0.05) is 23.5 Å². The van der Waals surface area contributed by atoms with Crippen LogP contribution in [0.3, 0.4) is 0 Å². The predicted molar refractivity (Wildman–Crippen MR) is 68.0 cm³/mol. The first kappa shape index (κ1) is 12.7. The number of carboxylic acid groups (broad SMARTS) is 1. The summed E-state index contributed by atoms with van der Waals surface area (Å²) in [5.74, 6) is -1.20. The molecule has 6 heteroatoms. The SMILES string of the molecule is Cc1ccc(-c2ccc(C(=O)O)cc2[N+](=O)[O-])cn1. The third-order valence-electron chi connectivity index (χ3n) is 2.66. The minimum atomic E-state index is -1.20. The van der Waals surface area contributed by atoms with Crippen LogP contribution in [0.25, 0.3) is 11.1 Å². The Hall–Kier alpha value is -2.76. The van der Waals surface area contributed by atoms with Crippen molar-refractivity contribution in [1.29, 1.82) is 0 Å². The van der Waals surface area contributed by atoms with Gasteiger partial charge in [-0.05, 0) is 25.1 Å². The second kappa shape index (κ2) is 4.85. The zero-order valence-electron chi connectivity index (χ0n) is 10.0. The molecule has 2 aromatic rings. The average Bonchev–Trinajstić information content (AvgIpc) is 2.38. The van der Waals surface area contributed by atoms with E-state index in [2.05, 4.69) is 4.98 Å². The number of rotatable bonds is 3. The number of carbonyl (C=O) groups is 1. The Morgan fingerprint density at radius 1 is 1.32 bits per heavy atom. The molecule has 6 nitrogen and oxygen atoms in total. The summed E-state index contributed by atoms with van der Waals surface area (Å²) in [5, 5.41) is 19.9. The van der Waals surface area contributed by atoms with E-state index in [1.165, 1.54) is 18.3 Å². The summed E-state index contributed by atoms with van der Waals surface area (Å²) in [4.78, 5) is 25.3. The maximum absolute atomic E-state index is 11.0. The Morgan fingerprint density at radius 3 is 2.58 bits per heavy atom. The maximum Gasteiger partial charge on any atom is 0.335 e. The molecule has 96 valence electrons. The van der Waals surface area contributed by atoms with E-state index in [1.54, 1.807) is 12.1 Å². The van der Waals surface area contributed by atoms with Gasteiger partial charge in [-0.25, -0.2) is 4.79 Å². The fraction of sp³-hybridized carbons (Fsp3) is 0.0769. The average molecular weight is 258 g/mol. The molecule has 0 aliphatic carbocycles. The molecule has 2 rings (SSSR count). The third kappa shape index (κ3) is 2.57. The van der Waals surface area contributed by atoms with Crippen molar-refractivity contribution < 1.29 is 14.8 Å². The molecule has 0 amide bonds. The standard InChI is InChI=1S/C13H10N2O4/c1-8-2-3-10(7-14-8)11-5-4-9(13(16)17)6-12(11)15(18)19/h2-7H,1H3,(H,16,17). The second-order valence-electron chi connectivity index (χ2n) is 3.98. The van der Waals surface area contributed by atoms with E-state index in [-0.39, 0.29) is 11.3 Å². The molecule has 19 heavy (non-hydrogen) atoms. The molecule has 0 aliphatic rings. The van der Waals surface area contributed by atoms with Crippen molar-refractivity contribution in [3.05, 3.63) is 57.9 Å². The van der Waals surface area contributed by atoms with E-state index in [0.29, 0.717) is 11.1 Å². The van der Waals surface area contributed by atoms with Crippen molar-refractivity contribution in [2.75, 3.05) is 0 Å². The number of nitro benzene ring substituents is 1. The van der Waals surface area contributed by atoms with Crippen LogP contribution >= 0.6 is 0 Å². The number of nitro groups is 1. The monoisotopic (exact) mass is 258 g/mol. The molecule has 0 fully saturated rings. The zero-order chi connectivity index (χ0) is 14.0. The zero-order valence-corrected chi connectivity index (χ0v) is 10.0. The molecule has 1 aromatic heterocycles. The van der Waals surface area contributed by atoms with Gasteiger partial charge < -0.3 is 5.11 Å². The van der Waals surface area contributed by atoms with Crippen LogP contribution in [0.1, 0.15) is 16.1 Å². The highest BCUT2D eigenvalue weighted by Crippen LogP contribution is 2.30. The van der Waals surface area contributed by atoms with E-state index in [1.807, 2.05) is 6.92 Å². The van der Waals surface area contributed by atoms with E-state index in [9.17, 15) is 14.9 Å². The first-order valence-electron chi connectivity index (χ1n) is 5.44. The van der Waals surface area contributed by atoms with Gasteiger partial charge in [-0.15, -0.1) is 0 Å². The van der Waals surface area contributed by atoms with Gasteiger partial charge in [0.05, 0.1) is 16.1 Å². The van der Waals surface area contributed by atoms with Crippen molar-refractivity contribution in [1.82, 2.24) is 4.98 Å². The number of hydrogen-bond acceptors (Lipinski definition) is 4. The van der Waals surface area contributed by atoms with E-state index in [0.717, 1.165) is 11.8 Å². The van der Waals surface area contributed by atoms with Gasteiger partial charge in [0.2, 0.25) is 0 Å². The van der Waals surface area contributed by atoms with Gasteiger partial charge in [-0.3, -0.25) is 15.1 Å². The largest absolute Gasteiger partial charge is 0.478 e. The van der Waals surface area contributed by atoms with Crippen LogP contribution < -0.4 is 0 Å². The van der Waals surface area contributed by atoms with E-state index >= 15 is 0 Å². The van der Waals surface area contributed by atoms with Crippen molar-refractivity contribution in [2.24, 2.45) is 0 Å². The van der Waals surface area contributed by atoms with Crippen LogP contribution in [0.4, 0.5) is 5.69 Å². The lowest BCUT2D eigenvalue weighted by atomic mass is 10.0. The molecule has 1 aromatic carbocycles. The molecule has 0 radical (unpaired) electrons. The molecule has 0 saturated carbocycles. The summed E-state index contributed by atoms with van der Waals surface area (Å²) in [6.07, 6.45) is 1.53. The highest BCUT2D eigenvalue weighted by Gasteiger charge is 2.18. The number of nitrogens with zero attached hydrogens (tertiary/aromatic N) is 2. The molecule has 1 N–H and O–H groups in total. The van der Waals surface area contributed by atoms with Crippen molar-refractivity contribution in [3.8, 4) is 11.1 Å². The Morgan fingerprint density at radius 2 is 2.05 bits per heavy atom. The molecule has 0 bridgehead atoms. The fourth-order valence-electron chi connectivity index (χ4n) is 1.69. The molecule has 0 aliphatic heterocycles. The lowest BCUT2D eigenvalue weighted by Crippen LogP contribution is -1.99. The minimum absolute atomic E-state index is 0.115. The quantitative estimate of drug-likeness (QED) is 0.674. The fourth-order valence-corrected chi connectivity index (χ4v) is 1.69. The molecular formula is C13H10N2O4. The molecule has 0 spiro atoms. The first-order chi connectivity index (χ1) is 8.99. The number of carboxylic acids is 1. The molecule has 1 heterocycles. The third-order valence-corrected chi connectivity index (χ3v) is 2.66. The van der Waals surface area contributed by atoms with Crippen molar-refractivity contribution in [2.45, 2.75) is 6.92 Å². The summed E-state index contributed by atoms with van der Waals surface area (Å²) in [5.41, 5.74) is 1.37. The summed E-state index contributed by atoms with van der Waals surface area (Å²) in [6, 6.07) is 7.27. The predicted octanol–water partition coefficient (Wildman–Crippen LogP) is 2.66. The van der Waals surface area contributed by atoms with Gasteiger partial charge in [0.1, 0.15) is 0 Å². The van der Waals surface area contributed by atoms with Crippen LogP contribution in [-0.2, 0) is 0 Å². The number of pyridine rings is 1. The maximum atomic E-state index is 11.0.